The van der Waals surface area contributed by atoms with Crippen molar-refractivity contribution in [3.05, 3.63) is 41.2 Å². The summed E-state index contributed by atoms with van der Waals surface area (Å²) in [7, 11) is 1.86. The lowest BCUT2D eigenvalue weighted by Gasteiger charge is -2.07. The largest absolute Gasteiger partial charge is 0.479 e. The van der Waals surface area contributed by atoms with E-state index in [-0.39, 0.29) is 18.9 Å². The number of amides is 1. The minimum atomic E-state index is -0.0927. The molecule has 0 spiro atoms. The maximum atomic E-state index is 12.1. The molecule has 0 radical (unpaired) electrons. The van der Waals surface area contributed by atoms with Crippen LogP contribution in [-0.4, -0.2) is 22.3 Å². The Morgan fingerprint density at radius 2 is 2.05 bits per heavy atom. The number of ether oxygens (including phenoxy) is 1. The lowest BCUT2D eigenvalue weighted by molar-refractivity contribution is -0.115. The molecule has 6 heteroatoms. The van der Waals surface area contributed by atoms with Crippen LogP contribution in [0.5, 0.6) is 5.75 Å². The zero-order valence-electron chi connectivity index (χ0n) is 12.9. The van der Waals surface area contributed by atoms with Crippen LogP contribution < -0.4 is 10.1 Å². The van der Waals surface area contributed by atoms with Crippen LogP contribution in [0.3, 0.4) is 0 Å². The molecule has 1 heterocycles. The van der Waals surface area contributed by atoms with Gasteiger partial charge in [-0.05, 0) is 38.1 Å². The average molecular weight is 298 g/mol. The summed E-state index contributed by atoms with van der Waals surface area (Å²) in [6.07, 6.45) is 0.290. The lowest BCUT2D eigenvalue weighted by Crippen LogP contribution is -2.15. The third-order valence-electron chi connectivity index (χ3n) is 3.44. The molecule has 1 aromatic carbocycles. The van der Waals surface area contributed by atoms with Gasteiger partial charge in [-0.25, -0.2) is 0 Å². The van der Waals surface area contributed by atoms with E-state index < -0.39 is 0 Å². The van der Waals surface area contributed by atoms with Gasteiger partial charge in [-0.1, -0.05) is 0 Å². The molecule has 0 unspecified atom stereocenters. The highest BCUT2D eigenvalue weighted by Gasteiger charge is 2.13. The number of nitrogens with one attached hydrogen (secondary N) is 1. The number of anilines is 1. The number of hydrogen-bond acceptors (Lipinski definition) is 4. The molecule has 0 bridgehead atoms. The van der Waals surface area contributed by atoms with Gasteiger partial charge in [0, 0.05) is 24.0 Å². The fraction of sp³-hybridized carbons (Fsp3) is 0.312. The molecule has 1 amide bonds. The third kappa shape index (κ3) is 3.64. The number of hydrogen-bond donors (Lipinski definition) is 1. The molecule has 114 valence electrons. The van der Waals surface area contributed by atoms with Crippen LogP contribution in [0.15, 0.2) is 24.3 Å². The summed E-state index contributed by atoms with van der Waals surface area (Å²) < 4.78 is 6.94. The third-order valence-corrected chi connectivity index (χ3v) is 3.44. The Kier molecular flexibility index (Phi) is 4.79. The zero-order chi connectivity index (χ0) is 16.1. The SMILES string of the molecule is Cc1nn(C)c(C)c1CC(=O)Nc1ccc(OCC#N)cc1. The van der Waals surface area contributed by atoms with Gasteiger partial charge in [0.1, 0.15) is 11.8 Å². The van der Waals surface area contributed by atoms with Crippen molar-refractivity contribution in [2.75, 3.05) is 11.9 Å². The van der Waals surface area contributed by atoms with Crippen molar-refractivity contribution < 1.29 is 9.53 Å². The van der Waals surface area contributed by atoms with Gasteiger partial charge in [0.15, 0.2) is 6.61 Å². The van der Waals surface area contributed by atoms with Crippen LogP contribution in [0.2, 0.25) is 0 Å². The predicted octanol–water partition coefficient (Wildman–Crippen LogP) is 2.12. The molecule has 0 atom stereocenters. The standard InChI is InChI=1S/C16H18N4O2/c1-11-15(12(2)20(3)19-11)10-16(21)18-13-4-6-14(7-5-13)22-9-8-17/h4-7H,9-10H2,1-3H3,(H,18,21). The summed E-state index contributed by atoms with van der Waals surface area (Å²) in [5, 5.41) is 15.6. The van der Waals surface area contributed by atoms with E-state index in [0.29, 0.717) is 11.4 Å². The number of carbonyl (C=O) groups is 1. The second kappa shape index (κ2) is 6.76. The second-order valence-electron chi connectivity index (χ2n) is 4.97. The molecule has 0 aliphatic rings. The van der Waals surface area contributed by atoms with Crippen molar-refractivity contribution in [2.24, 2.45) is 7.05 Å². The first-order valence-corrected chi connectivity index (χ1v) is 6.90. The first-order valence-electron chi connectivity index (χ1n) is 6.90. The van der Waals surface area contributed by atoms with Gasteiger partial charge in [-0.2, -0.15) is 10.4 Å². The monoisotopic (exact) mass is 298 g/mol. The quantitative estimate of drug-likeness (QED) is 0.917. The molecule has 1 aromatic heterocycles. The van der Waals surface area contributed by atoms with Crippen molar-refractivity contribution in [3.63, 3.8) is 0 Å². The first-order chi connectivity index (χ1) is 10.5. The smallest absolute Gasteiger partial charge is 0.228 e. The first kappa shape index (κ1) is 15.6. The van der Waals surface area contributed by atoms with Gasteiger partial charge in [0.05, 0.1) is 12.1 Å². The normalized spacial score (nSPS) is 10.1. The maximum Gasteiger partial charge on any atom is 0.228 e. The van der Waals surface area contributed by atoms with Crippen molar-refractivity contribution >= 4 is 11.6 Å². The van der Waals surface area contributed by atoms with Gasteiger partial charge in [0.25, 0.3) is 0 Å². The average Bonchev–Trinajstić information content (AvgIpc) is 2.73. The predicted molar refractivity (Wildman–Crippen MR) is 82.6 cm³/mol. The number of nitrogens with zero attached hydrogens (tertiary/aromatic N) is 3. The van der Waals surface area contributed by atoms with E-state index in [1.165, 1.54) is 0 Å². The molecule has 0 aliphatic heterocycles. The highest BCUT2D eigenvalue weighted by atomic mass is 16.5. The van der Waals surface area contributed by atoms with Crippen LogP contribution in [0.25, 0.3) is 0 Å². The number of nitriles is 1. The molecule has 0 saturated carbocycles. The van der Waals surface area contributed by atoms with Crippen LogP contribution in [0, 0.1) is 25.2 Å². The lowest BCUT2D eigenvalue weighted by atomic mass is 10.1. The van der Waals surface area contributed by atoms with Crippen LogP contribution in [0.4, 0.5) is 5.69 Å². The Hall–Kier alpha value is -2.81. The highest BCUT2D eigenvalue weighted by Crippen LogP contribution is 2.17. The Labute approximate surface area is 129 Å². The summed E-state index contributed by atoms with van der Waals surface area (Å²) in [6, 6.07) is 8.82. The fourth-order valence-electron chi connectivity index (χ4n) is 2.19. The molecule has 0 aliphatic carbocycles. The van der Waals surface area contributed by atoms with Gasteiger partial charge in [-0.15, -0.1) is 0 Å². The Balaban J connectivity index is 1.98. The zero-order valence-corrected chi connectivity index (χ0v) is 12.9. The van der Waals surface area contributed by atoms with E-state index in [1.807, 2.05) is 27.0 Å². The van der Waals surface area contributed by atoms with Gasteiger partial charge in [0.2, 0.25) is 5.91 Å². The molecule has 0 saturated heterocycles. The number of rotatable bonds is 5. The van der Waals surface area contributed by atoms with E-state index >= 15 is 0 Å². The number of carbonyl (C=O) groups excluding carboxylic acids is 1. The molecule has 0 fully saturated rings. The molecule has 1 N–H and O–H groups in total. The Morgan fingerprint density at radius 1 is 1.36 bits per heavy atom. The van der Waals surface area contributed by atoms with Gasteiger partial charge < -0.3 is 10.1 Å². The topological polar surface area (TPSA) is 79.9 Å². The van der Waals surface area contributed by atoms with Gasteiger partial charge >= 0.3 is 0 Å². The molecule has 6 nitrogen and oxygen atoms in total. The van der Waals surface area contributed by atoms with Crippen molar-refractivity contribution in [1.29, 1.82) is 5.26 Å². The van der Waals surface area contributed by atoms with E-state index in [1.54, 1.807) is 28.9 Å². The summed E-state index contributed by atoms with van der Waals surface area (Å²) in [4.78, 5) is 12.1. The number of aromatic nitrogens is 2. The number of benzene rings is 1. The minimum Gasteiger partial charge on any atom is -0.479 e. The van der Waals surface area contributed by atoms with Crippen LogP contribution in [0.1, 0.15) is 17.0 Å². The maximum absolute atomic E-state index is 12.1. The van der Waals surface area contributed by atoms with Crippen molar-refractivity contribution in [3.8, 4) is 11.8 Å². The van der Waals surface area contributed by atoms with Crippen molar-refractivity contribution in [1.82, 2.24) is 9.78 Å². The van der Waals surface area contributed by atoms with E-state index in [9.17, 15) is 4.79 Å². The summed E-state index contributed by atoms with van der Waals surface area (Å²) in [5.74, 6) is 0.503. The Morgan fingerprint density at radius 3 is 2.59 bits per heavy atom. The number of aryl methyl sites for hydroxylation is 2. The van der Waals surface area contributed by atoms with Crippen molar-refractivity contribution in [2.45, 2.75) is 20.3 Å². The highest BCUT2D eigenvalue weighted by molar-refractivity contribution is 5.92. The summed E-state index contributed by atoms with van der Waals surface area (Å²) in [5.41, 5.74) is 3.51. The van der Waals surface area contributed by atoms with Crippen LogP contribution >= 0.6 is 0 Å². The second-order valence-corrected chi connectivity index (χ2v) is 4.97. The molecule has 22 heavy (non-hydrogen) atoms. The Bertz CT molecular complexity index is 711. The van der Waals surface area contributed by atoms with E-state index in [0.717, 1.165) is 17.0 Å². The minimum absolute atomic E-state index is 0.00522. The molecular weight excluding hydrogens is 280 g/mol. The summed E-state index contributed by atoms with van der Waals surface area (Å²) in [6.45, 7) is 3.85. The van der Waals surface area contributed by atoms with E-state index in [4.69, 9.17) is 10.00 Å². The fourth-order valence-corrected chi connectivity index (χ4v) is 2.19. The van der Waals surface area contributed by atoms with Crippen LogP contribution in [-0.2, 0) is 18.3 Å². The molecular formula is C16H18N4O2. The van der Waals surface area contributed by atoms with E-state index in [2.05, 4.69) is 10.4 Å². The molecule has 2 rings (SSSR count). The van der Waals surface area contributed by atoms with Gasteiger partial charge in [-0.3, -0.25) is 9.48 Å². The summed E-state index contributed by atoms with van der Waals surface area (Å²) >= 11 is 0. The molecule has 2 aromatic rings.